The van der Waals surface area contributed by atoms with E-state index < -0.39 is 28.5 Å². The molecule has 8 nitrogen and oxygen atoms in total. The Bertz CT molecular complexity index is 1090. The Kier molecular flexibility index (Phi) is 10.2. The summed E-state index contributed by atoms with van der Waals surface area (Å²) in [5.74, 6) is -0.520. The van der Waals surface area contributed by atoms with Gasteiger partial charge in [0.15, 0.2) is 0 Å². The number of rotatable bonds is 12. The molecule has 34 heavy (non-hydrogen) atoms. The fourth-order valence-electron chi connectivity index (χ4n) is 3.53. The molecule has 0 aromatic heterocycles. The molecule has 0 saturated carbocycles. The van der Waals surface area contributed by atoms with Crippen LogP contribution in [0.4, 0.5) is 5.69 Å². The van der Waals surface area contributed by atoms with Crippen LogP contribution in [0.25, 0.3) is 0 Å². The number of methoxy groups -OCH3 is 1. The molecular formula is C24H32ClN3O5S. The average molecular weight is 510 g/mol. The van der Waals surface area contributed by atoms with E-state index in [1.165, 1.54) is 12.0 Å². The third-order valence-electron chi connectivity index (χ3n) is 5.27. The lowest BCUT2D eigenvalue weighted by Gasteiger charge is -2.33. The maximum Gasteiger partial charge on any atom is 0.244 e. The third-order valence-corrected chi connectivity index (χ3v) is 6.76. The molecule has 0 aliphatic heterocycles. The first-order valence-corrected chi connectivity index (χ1v) is 13.3. The molecule has 1 N–H and O–H groups in total. The Morgan fingerprint density at radius 1 is 1.09 bits per heavy atom. The van der Waals surface area contributed by atoms with Gasteiger partial charge >= 0.3 is 0 Å². The van der Waals surface area contributed by atoms with Gasteiger partial charge in [-0.3, -0.25) is 13.9 Å². The molecule has 186 valence electrons. The highest BCUT2D eigenvalue weighted by Gasteiger charge is 2.32. The number of amides is 2. The monoisotopic (exact) mass is 509 g/mol. The van der Waals surface area contributed by atoms with Crippen molar-refractivity contribution in [1.82, 2.24) is 10.2 Å². The Hall–Kier alpha value is -2.78. The molecule has 0 aliphatic carbocycles. The molecule has 2 rings (SSSR count). The number of para-hydroxylation sites is 2. The average Bonchev–Trinajstić information content (AvgIpc) is 2.81. The first-order valence-electron chi connectivity index (χ1n) is 11.0. The van der Waals surface area contributed by atoms with Crippen molar-refractivity contribution in [3.05, 3.63) is 59.1 Å². The van der Waals surface area contributed by atoms with Gasteiger partial charge in [-0.05, 0) is 36.6 Å². The van der Waals surface area contributed by atoms with E-state index in [4.69, 9.17) is 16.3 Å². The van der Waals surface area contributed by atoms with Crippen LogP contribution in [-0.2, 0) is 26.2 Å². The molecule has 2 amide bonds. The Morgan fingerprint density at radius 3 is 2.32 bits per heavy atom. The molecule has 0 spiro atoms. The SMILES string of the molecule is CCCNC(=O)C(CC)N(Cc1ccccc1Cl)C(=O)CN(c1ccccc1OC)S(C)(=O)=O. The first kappa shape index (κ1) is 27.5. The number of carbonyl (C=O) groups excluding carboxylic acids is 2. The van der Waals surface area contributed by atoms with Crippen LogP contribution in [0.2, 0.25) is 5.02 Å². The van der Waals surface area contributed by atoms with Gasteiger partial charge in [0.05, 0.1) is 19.1 Å². The zero-order valence-corrected chi connectivity index (χ0v) is 21.5. The second-order valence-electron chi connectivity index (χ2n) is 7.77. The zero-order valence-electron chi connectivity index (χ0n) is 20.0. The second-order valence-corrected chi connectivity index (χ2v) is 10.1. The standard InChI is InChI=1S/C24H32ClN3O5S/c1-5-15-26-24(30)20(6-2)27(16-18-11-7-8-12-19(18)25)23(29)17-28(34(4,31)32)21-13-9-10-14-22(21)33-3/h7-14,20H,5-6,15-17H2,1-4H3,(H,26,30). The smallest absolute Gasteiger partial charge is 0.244 e. The maximum absolute atomic E-state index is 13.6. The number of benzene rings is 2. The van der Waals surface area contributed by atoms with Crippen LogP contribution in [0.1, 0.15) is 32.3 Å². The predicted molar refractivity (Wildman–Crippen MR) is 135 cm³/mol. The second kappa shape index (κ2) is 12.6. The Labute approximate surface area is 206 Å². The largest absolute Gasteiger partial charge is 0.495 e. The molecular weight excluding hydrogens is 478 g/mol. The van der Waals surface area contributed by atoms with Crippen molar-refractivity contribution in [1.29, 1.82) is 0 Å². The van der Waals surface area contributed by atoms with Gasteiger partial charge in [0, 0.05) is 18.1 Å². The number of sulfonamides is 1. The number of hydrogen-bond acceptors (Lipinski definition) is 5. The van der Waals surface area contributed by atoms with Crippen LogP contribution in [0, 0.1) is 0 Å². The molecule has 10 heteroatoms. The number of hydrogen-bond donors (Lipinski definition) is 1. The summed E-state index contributed by atoms with van der Waals surface area (Å²) < 4.78 is 31.7. The minimum absolute atomic E-state index is 0.0556. The highest BCUT2D eigenvalue weighted by molar-refractivity contribution is 7.92. The van der Waals surface area contributed by atoms with Crippen LogP contribution in [0.5, 0.6) is 5.75 Å². The summed E-state index contributed by atoms with van der Waals surface area (Å²) in [5.41, 5.74) is 0.893. The number of halogens is 1. The fourth-order valence-corrected chi connectivity index (χ4v) is 4.57. The Balaban J connectivity index is 2.47. The van der Waals surface area contributed by atoms with Crippen molar-refractivity contribution in [2.45, 2.75) is 39.3 Å². The van der Waals surface area contributed by atoms with Crippen LogP contribution in [0.15, 0.2) is 48.5 Å². The lowest BCUT2D eigenvalue weighted by atomic mass is 10.1. The zero-order chi connectivity index (χ0) is 25.3. The van der Waals surface area contributed by atoms with E-state index in [2.05, 4.69) is 5.32 Å². The van der Waals surface area contributed by atoms with E-state index in [9.17, 15) is 18.0 Å². The normalized spacial score (nSPS) is 12.0. The van der Waals surface area contributed by atoms with Crippen LogP contribution in [-0.4, -0.2) is 57.6 Å². The van der Waals surface area contributed by atoms with Crippen LogP contribution < -0.4 is 14.4 Å². The number of ether oxygens (including phenoxy) is 1. The van der Waals surface area contributed by atoms with E-state index in [1.807, 2.05) is 6.92 Å². The quantitative estimate of drug-likeness (QED) is 0.472. The number of nitrogens with one attached hydrogen (secondary N) is 1. The summed E-state index contributed by atoms with van der Waals surface area (Å²) >= 11 is 6.34. The molecule has 0 aliphatic rings. The van der Waals surface area contributed by atoms with Gasteiger partial charge in [0.2, 0.25) is 21.8 Å². The van der Waals surface area contributed by atoms with Gasteiger partial charge in [-0.15, -0.1) is 0 Å². The van der Waals surface area contributed by atoms with Crippen molar-refractivity contribution >= 4 is 39.1 Å². The van der Waals surface area contributed by atoms with E-state index in [0.29, 0.717) is 29.3 Å². The minimum atomic E-state index is -3.85. The topological polar surface area (TPSA) is 96.0 Å². The summed E-state index contributed by atoms with van der Waals surface area (Å²) in [6.45, 7) is 3.77. The van der Waals surface area contributed by atoms with Crippen molar-refractivity contribution < 1.29 is 22.7 Å². The summed E-state index contributed by atoms with van der Waals surface area (Å²) in [6, 6.07) is 12.8. The first-order chi connectivity index (χ1) is 16.1. The van der Waals surface area contributed by atoms with Crippen molar-refractivity contribution in [3.63, 3.8) is 0 Å². The fraction of sp³-hybridized carbons (Fsp3) is 0.417. The molecule has 0 bridgehead atoms. The lowest BCUT2D eigenvalue weighted by molar-refractivity contribution is -0.140. The van der Waals surface area contributed by atoms with Crippen molar-refractivity contribution in [3.8, 4) is 5.75 Å². The summed E-state index contributed by atoms with van der Waals surface area (Å²) in [4.78, 5) is 27.9. The molecule has 1 atom stereocenters. The van der Waals surface area contributed by atoms with Gasteiger partial charge in [-0.2, -0.15) is 0 Å². The van der Waals surface area contributed by atoms with E-state index in [0.717, 1.165) is 17.0 Å². The van der Waals surface area contributed by atoms with Crippen molar-refractivity contribution in [2.75, 3.05) is 30.8 Å². The van der Waals surface area contributed by atoms with Gasteiger partial charge < -0.3 is 15.0 Å². The number of nitrogens with zero attached hydrogens (tertiary/aromatic N) is 2. The number of anilines is 1. The summed E-state index contributed by atoms with van der Waals surface area (Å²) in [5, 5.41) is 3.29. The van der Waals surface area contributed by atoms with Crippen LogP contribution in [0.3, 0.4) is 0 Å². The third kappa shape index (κ3) is 7.11. The molecule has 0 saturated heterocycles. The Morgan fingerprint density at radius 2 is 1.74 bits per heavy atom. The van der Waals surface area contributed by atoms with Crippen molar-refractivity contribution in [2.24, 2.45) is 0 Å². The molecule has 0 radical (unpaired) electrons. The molecule has 2 aromatic rings. The minimum Gasteiger partial charge on any atom is -0.495 e. The molecule has 0 fully saturated rings. The predicted octanol–water partition coefficient (Wildman–Crippen LogP) is 3.45. The van der Waals surface area contributed by atoms with E-state index in [1.54, 1.807) is 55.5 Å². The highest BCUT2D eigenvalue weighted by Crippen LogP contribution is 2.30. The molecule has 1 unspecified atom stereocenters. The summed E-state index contributed by atoms with van der Waals surface area (Å²) in [7, 11) is -2.42. The molecule has 0 heterocycles. The van der Waals surface area contributed by atoms with Gasteiger partial charge in [-0.1, -0.05) is 55.8 Å². The maximum atomic E-state index is 13.6. The highest BCUT2D eigenvalue weighted by atomic mass is 35.5. The van der Waals surface area contributed by atoms with E-state index in [-0.39, 0.29) is 18.1 Å². The summed E-state index contributed by atoms with van der Waals surface area (Å²) in [6.07, 6.45) is 2.12. The lowest BCUT2D eigenvalue weighted by Crippen LogP contribution is -2.52. The van der Waals surface area contributed by atoms with Gasteiger partial charge in [0.1, 0.15) is 18.3 Å². The van der Waals surface area contributed by atoms with E-state index >= 15 is 0 Å². The van der Waals surface area contributed by atoms with Crippen LogP contribution >= 0.6 is 11.6 Å². The van der Waals surface area contributed by atoms with Gasteiger partial charge in [0.25, 0.3) is 0 Å². The molecule has 2 aromatic carbocycles. The van der Waals surface area contributed by atoms with Gasteiger partial charge in [-0.25, -0.2) is 8.42 Å². The number of carbonyl (C=O) groups is 2.